The maximum atomic E-state index is 6.51. The molecule has 0 saturated carbocycles. The minimum atomic E-state index is 0.545. The normalized spacial score (nSPS) is 12.0. The molecule has 0 aliphatic heterocycles. The molecule has 0 radical (unpaired) electrons. The molecule has 210 valence electrons. The van der Waals surface area contributed by atoms with Crippen molar-refractivity contribution in [3.63, 3.8) is 0 Å². The Bertz CT molecular complexity index is 2700. The van der Waals surface area contributed by atoms with Crippen LogP contribution in [0.4, 0.5) is 0 Å². The molecule has 0 N–H and O–H groups in total. The van der Waals surface area contributed by atoms with Gasteiger partial charge in [0.05, 0.1) is 16.4 Å². The number of rotatable bonds is 3. The molecule has 0 bridgehead atoms. The van der Waals surface area contributed by atoms with Gasteiger partial charge in [0.15, 0.2) is 11.6 Å². The van der Waals surface area contributed by atoms with Gasteiger partial charge >= 0.3 is 0 Å². The minimum absolute atomic E-state index is 0.545. The molecule has 0 aliphatic carbocycles. The molecule has 0 fully saturated rings. The highest BCUT2D eigenvalue weighted by atomic mass is 16.3. The zero-order valence-corrected chi connectivity index (χ0v) is 23.8. The van der Waals surface area contributed by atoms with Crippen LogP contribution in [0.1, 0.15) is 0 Å². The molecule has 6 aromatic carbocycles. The number of nitrogens with zero attached hydrogens (tertiary/aromatic N) is 4. The van der Waals surface area contributed by atoms with Crippen molar-refractivity contribution >= 4 is 65.7 Å². The summed E-state index contributed by atoms with van der Waals surface area (Å²) in [4.78, 5) is 15.0. The zero-order chi connectivity index (χ0) is 29.5. The first-order chi connectivity index (χ1) is 22.3. The molecule has 6 heteroatoms. The van der Waals surface area contributed by atoms with Crippen LogP contribution in [0.15, 0.2) is 142 Å². The Morgan fingerprint density at radius 2 is 1.09 bits per heavy atom. The second-order valence-corrected chi connectivity index (χ2v) is 11.2. The van der Waals surface area contributed by atoms with Crippen LogP contribution in [-0.4, -0.2) is 19.5 Å². The minimum Gasteiger partial charge on any atom is -0.456 e. The predicted molar refractivity (Wildman–Crippen MR) is 180 cm³/mol. The van der Waals surface area contributed by atoms with Crippen molar-refractivity contribution in [2.45, 2.75) is 0 Å². The second-order valence-electron chi connectivity index (χ2n) is 11.2. The Balaban J connectivity index is 1.30. The topological polar surface area (TPSA) is 69.9 Å². The van der Waals surface area contributed by atoms with Gasteiger partial charge in [0.25, 0.3) is 0 Å². The summed E-state index contributed by atoms with van der Waals surface area (Å²) >= 11 is 0. The first-order valence-corrected chi connectivity index (χ1v) is 14.9. The maximum Gasteiger partial charge on any atom is 0.238 e. The molecule has 6 nitrogen and oxygen atoms in total. The summed E-state index contributed by atoms with van der Waals surface area (Å²) in [6, 6.07) is 45.1. The summed E-state index contributed by atoms with van der Waals surface area (Å²) in [5.74, 6) is 1.77. The van der Waals surface area contributed by atoms with Gasteiger partial charge in [-0.3, -0.25) is 4.57 Å². The summed E-state index contributed by atoms with van der Waals surface area (Å²) in [7, 11) is 0. The van der Waals surface area contributed by atoms with Gasteiger partial charge in [0, 0.05) is 44.1 Å². The molecule has 10 aromatic rings. The molecule has 0 aliphatic rings. The number of para-hydroxylation sites is 2. The fourth-order valence-corrected chi connectivity index (χ4v) is 6.62. The summed E-state index contributed by atoms with van der Waals surface area (Å²) in [6.45, 7) is 0. The number of benzene rings is 6. The van der Waals surface area contributed by atoms with E-state index < -0.39 is 0 Å². The Morgan fingerprint density at radius 1 is 0.422 bits per heavy atom. The Morgan fingerprint density at radius 3 is 1.84 bits per heavy atom. The molecule has 4 aromatic heterocycles. The largest absolute Gasteiger partial charge is 0.456 e. The summed E-state index contributed by atoms with van der Waals surface area (Å²) < 4.78 is 15.1. The van der Waals surface area contributed by atoms with Crippen LogP contribution in [-0.2, 0) is 0 Å². The maximum absolute atomic E-state index is 6.51. The van der Waals surface area contributed by atoms with Gasteiger partial charge in [-0.05, 0) is 30.3 Å². The van der Waals surface area contributed by atoms with Gasteiger partial charge in [0.1, 0.15) is 22.3 Å². The monoisotopic (exact) mass is 578 g/mol. The van der Waals surface area contributed by atoms with Gasteiger partial charge in [-0.1, -0.05) is 97.1 Å². The van der Waals surface area contributed by atoms with Crippen molar-refractivity contribution in [3.05, 3.63) is 133 Å². The van der Waals surface area contributed by atoms with E-state index in [0.717, 1.165) is 76.8 Å². The fourth-order valence-electron chi connectivity index (χ4n) is 6.62. The van der Waals surface area contributed by atoms with E-state index >= 15 is 0 Å². The third-order valence-corrected chi connectivity index (χ3v) is 8.66. The van der Waals surface area contributed by atoms with E-state index in [0.29, 0.717) is 17.6 Å². The van der Waals surface area contributed by atoms with Gasteiger partial charge < -0.3 is 8.83 Å². The van der Waals surface area contributed by atoms with Crippen LogP contribution in [0, 0.1) is 0 Å². The lowest BCUT2D eigenvalue weighted by atomic mass is 10.1. The average molecular weight is 579 g/mol. The molecule has 45 heavy (non-hydrogen) atoms. The molecular formula is C39H22N4O2. The zero-order valence-electron chi connectivity index (χ0n) is 23.8. The van der Waals surface area contributed by atoms with Crippen LogP contribution in [0.5, 0.6) is 0 Å². The van der Waals surface area contributed by atoms with E-state index in [-0.39, 0.29) is 0 Å². The molecule has 0 amide bonds. The van der Waals surface area contributed by atoms with E-state index in [1.807, 2.05) is 91.0 Å². The lowest BCUT2D eigenvalue weighted by Gasteiger charge is -2.10. The molecule has 0 unspecified atom stereocenters. The van der Waals surface area contributed by atoms with Crippen molar-refractivity contribution in [1.29, 1.82) is 0 Å². The molecule has 0 spiro atoms. The quantitative estimate of drug-likeness (QED) is 0.209. The molecule has 4 heterocycles. The SMILES string of the molecule is c1ccc(-c2nc(-c3ccccc3)nc(-n3c4ccccc4c4cc5c(cc43)oc3ccc4c6ccccc6oc4c35)n2)cc1. The Hall–Kier alpha value is -6.27. The van der Waals surface area contributed by atoms with Crippen molar-refractivity contribution in [2.75, 3.05) is 0 Å². The standard InChI is InChI=1S/C39H22N4O2/c1-3-11-23(12-4-1)37-40-38(24-13-5-2-6-14-24)42-39(41-37)43-30-17-9-7-15-25(30)28-21-29-34(22-31(28)43)44-33-20-19-27-26-16-8-10-18-32(26)45-36(27)35(29)33/h1-22H. The highest BCUT2D eigenvalue weighted by molar-refractivity contribution is 6.24. The summed E-state index contributed by atoms with van der Waals surface area (Å²) in [5.41, 5.74) is 7.07. The lowest BCUT2D eigenvalue weighted by molar-refractivity contribution is 0.663. The molecular weight excluding hydrogens is 556 g/mol. The van der Waals surface area contributed by atoms with Gasteiger partial charge in [-0.2, -0.15) is 9.97 Å². The van der Waals surface area contributed by atoms with Crippen LogP contribution in [0.3, 0.4) is 0 Å². The number of furan rings is 2. The molecule has 10 rings (SSSR count). The van der Waals surface area contributed by atoms with E-state index in [9.17, 15) is 0 Å². The Kier molecular flexibility index (Phi) is 4.90. The van der Waals surface area contributed by atoms with Crippen molar-refractivity contribution in [1.82, 2.24) is 19.5 Å². The van der Waals surface area contributed by atoms with Crippen molar-refractivity contribution in [3.8, 4) is 28.7 Å². The highest BCUT2D eigenvalue weighted by Gasteiger charge is 2.21. The van der Waals surface area contributed by atoms with Crippen molar-refractivity contribution < 1.29 is 8.83 Å². The van der Waals surface area contributed by atoms with Gasteiger partial charge in [0.2, 0.25) is 5.95 Å². The lowest BCUT2D eigenvalue weighted by Crippen LogP contribution is -2.06. The first kappa shape index (κ1) is 24.2. The highest BCUT2D eigenvalue weighted by Crippen LogP contribution is 2.42. The first-order valence-electron chi connectivity index (χ1n) is 14.9. The number of hydrogen-bond donors (Lipinski definition) is 0. The molecule has 0 saturated heterocycles. The summed E-state index contributed by atoms with van der Waals surface area (Å²) in [5, 5.41) is 6.35. The number of fused-ring (bicyclic) bond motifs is 10. The van der Waals surface area contributed by atoms with E-state index in [1.165, 1.54) is 0 Å². The van der Waals surface area contributed by atoms with Crippen LogP contribution < -0.4 is 0 Å². The summed E-state index contributed by atoms with van der Waals surface area (Å²) in [6.07, 6.45) is 0. The number of hydrogen-bond acceptors (Lipinski definition) is 5. The smallest absolute Gasteiger partial charge is 0.238 e. The van der Waals surface area contributed by atoms with E-state index in [2.05, 4.69) is 47.0 Å². The number of aromatic nitrogens is 4. The van der Waals surface area contributed by atoms with Crippen molar-refractivity contribution in [2.24, 2.45) is 0 Å². The Labute approximate surface area is 255 Å². The van der Waals surface area contributed by atoms with Crippen LogP contribution in [0.2, 0.25) is 0 Å². The van der Waals surface area contributed by atoms with E-state index in [1.54, 1.807) is 0 Å². The van der Waals surface area contributed by atoms with Crippen LogP contribution >= 0.6 is 0 Å². The average Bonchev–Trinajstić information content (AvgIpc) is 3.76. The third-order valence-electron chi connectivity index (χ3n) is 8.66. The van der Waals surface area contributed by atoms with Gasteiger partial charge in [-0.25, -0.2) is 4.98 Å². The second kappa shape index (κ2) is 9.11. The van der Waals surface area contributed by atoms with Crippen LogP contribution in [0.25, 0.3) is 94.4 Å². The van der Waals surface area contributed by atoms with E-state index in [4.69, 9.17) is 23.8 Å². The molecule has 0 atom stereocenters. The fraction of sp³-hybridized carbons (Fsp3) is 0. The third kappa shape index (κ3) is 3.53. The van der Waals surface area contributed by atoms with Gasteiger partial charge in [-0.15, -0.1) is 0 Å². The predicted octanol–water partition coefficient (Wildman–Crippen LogP) is 10.1.